The number of ether oxygens (including phenoxy) is 1. The molecule has 3 N–H and O–H groups in total. The van der Waals surface area contributed by atoms with Gasteiger partial charge in [0.1, 0.15) is 0 Å². The molecule has 2 bridgehead atoms. The van der Waals surface area contributed by atoms with Crippen molar-refractivity contribution in [3.8, 4) is 0 Å². The first-order chi connectivity index (χ1) is 10.7. The Labute approximate surface area is 146 Å². The van der Waals surface area contributed by atoms with Gasteiger partial charge < -0.3 is 15.8 Å². The number of nitrogens with two attached hydrogens (primary N) is 1. The van der Waals surface area contributed by atoms with Crippen LogP contribution in [0.1, 0.15) is 42.7 Å². The molecule has 5 nitrogen and oxygen atoms in total. The number of aromatic nitrogens is 1. The van der Waals surface area contributed by atoms with E-state index in [0.717, 1.165) is 41.6 Å². The Kier molecular flexibility index (Phi) is 5.26. The standard InChI is InChI=1S/C16H23N3O2S.ClH/c17-14-9-2-1-3-10(14)7-11(6-9)15(20)19-16-18-12-4-5-21-8-13(12)22-16;/h9-11,14H,1-8,17H2,(H,18,19,20);1H. The third-order valence-corrected chi connectivity index (χ3v) is 6.50. The smallest absolute Gasteiger partial charge is 0.229 e. The van der Waals surface area contributed by atoms with Crippen LogP contribution in [0.15, 0.2) is 0 Å². The topological polar surface area (TPSA) is 77.2 Å². The minimum absolute atomic E-state index is 0. The first kappa shape index (κ1) is 17.1. The highest BCUT2D eigenvalue weighted by Crippen LogP contribution is 2.42. The molecular formula is C16H24ClN3O2S. The van der Waals surface area contributed by atoms with Crippen molar-refractivity contribution in [2.45, 2.75) is 51.2 Å². The second kappa shape index (κ2) is 7.05. The normalized spacial score (nSPS) is 32.6. The molecule has 7 heteroatoms. The van der Waals surface area contributed by atoms with Gasteiger partial charge in [-0.25, -0.2) is 4.98 Å². The van der Waals surface area contributed by atoms with E-state index in [9.17, 15) is 4.79 Å². The average Bonchev–Trinajstić information content (AvgIpc) is 2.88. The summed E-state index contributed by atoms with van der Waals surface area (Å²) in [6, 6.07) is 0.308. The van der Waals surface area contributed by atoms with Gasteiger partial charge in [-0.2, -0.15) is 0 Å². The zero-order chi connectivity index (χ0) is 15.1. The predicted octanol–water partition coefficient (Wildman–Crippen LogP) is 2.73. The summed E-state index contributed by atoms with van der Waals surface area (Å²) in [5, 5.41) is 3.78. The number of halogens is 1. The fourth-order valence-corrected chi connectivity index (χ4v) is 5.24. The number of carbonyl (C=O) groups excluding carboxylic acids is 1. The highest BCUT2D eigenvalue weighted by molar-refractivity contribution is 7.15. The van der Waals surface area contributed by atoms with E-state index in [1.807, 2.05) is 0 Å². The Balaban J connectivity index is 0.00000156. The third-order valence-electron chi connectivity index (χ3n) is 5.51. The summed E-state index contributed by atoms with van der Waals surface area (Å²) in [6.07, 6.45) is 6.38. The number of carbonyl (C=O) groups is 1. The van der Waals surface area contributed by atoms with Crippen LogP contribution in [0.5, 0.6) is 0 Å². The van der Waals surface area contributed by atoms with Crippen LogP contribution in [-0.2, 0) is 22.6 Å². The molecular weight excluding hydrogens is 334 g/mol. The van der Waals surface area contributed by atoms with E-state index >= 15 is 0 Å². The lowest BCUT2D eigenvalue weighted by atomic mass is 9.65. The SMILES string of the molecule is Cl.NC1C2CCCC1CC(C(=O)Nc1nc3c(s1)COCC3)C2. The molecule has 0 spiro atoms. The molecule has 1 aromatic rings. The summed E-state index contributed by atoms with van der Waals surface area (Å²) < 4.78 is 5.44. The highest BCUT2D eigenvalue weighted by Gasteiger charge is 2.40. The van der Waals surface area contributed by atoms with E-state index in [0.29, 0.717) is 24.5 Å². The van der Waals surface area contributed by atoms with Gasteiger partial charge in [-0.05, 0) is 37.5 Å². The fraction of sp³-hybridized carbons (Fsp3) is 0.750. The number of rotatable bonds is 2. The van der Waals surface area contributed by atoms with E-state index in [2.05, 4.69) is 10.3 Å². The Bertz CT molecular complexity index is 542. The van der Waals surface area contributed by atoms with Gasteiger partial charge in [-0.15, -0.1) is 12.4 Å². The monoisotopic (exact) mass is 357 g/mol. The van der Waals surface area contributed by atoms with Crippen molar-refractivity contribution in [1.82, 2.24) is 4.98 Å². The summed E-state index contributed by atoms with van der Waals surface area (Å²) in [5.41, 5.74) is 7.40. The Morgan fingerprint density at radius 1 is 1.30 bits per heavy atom. The van der Waals surface area contributed by atoms with Crippen molar-refractivity contribution in [1.29, 1.82) is 0 Å². The Morgan fingerprint density at radius 3 is 2.74 bits per heavy atom. The van der Waals surface area contributed by atoms with Crippen molar-refractivity contribution in [2.24, 2.45) is 23.5 Å². The predicted molar refractivity (Wildman–Crippen MR) is 92.9 cm³/mol. The molecule has 2 heterocycles. The number of hydrogen-bond acceptors (Lipinski definition) is 5. The lowest BCUT2D eigenvalue weighted by molar-refractivity contribution is -0.122. The number of amides is 1. The van der Waals surface area contributed by atoms with Crippen LogP contribution in [0.4, 0.5) is 5.13 Å². The van der Waals surface area contributed by atoms with Gasteiger partial charge in [0.2, 0.25) is 5.91 Å². The molecule has 2 fully saturated rings. The number of hydrogen-bond donors (Lipinski definition) is 2. The molecule has 1 aromatic heterocycles. The highest BCUT2D eigenvalue weighted by atomic mass is 35.5. The minimum Gasteiger partial charge on any atom is -0.375 e. The van der Waals surface area contributed by atoms with E-state index in [4.69, 9.17) is 10.5 Å². The maximum absolute atomic E-state index is 12.6. The maximum Gasteiger partial charge on any atom is 0.229 e. The van der Waals surface area contributed by atoms with Crippen molar-refractivity contribution in [3.05, 3.63) is 10.6 Å². The zero-order valence-electron chi connectivity index (χ0n) is 13.1. The lowest BCUT2D eigenvalue weighted by Crippen LogP contribution is -2.48. The Morgan fingerprint density at radius 2 is 2.04 bits per heavy atom. The number of fused-ring (bicyclic) bond motifs is 3. The van der Waals surface area contributed by atoms with Crippen molar-refractivity contribution in [2.75, 3.05) is 11.9 Å². The average molecular weight is 358 g/mol. The molecule has 3 aliphatic rings. The summed E-state index contributed by atoms with van der Waals surface area (Å²) >= 11 is 1.56. The van der Waals surface area contributed by atoms with Gasteiger partial charge >= 0.3 is 0 Å². The first-order valence-electron chi connectivity index (χ1n) is 8.33. The van der Waals surface area contributed by atoms with Crippen LogP contribution in [0, 0.1) is 17.8 Å². The van der Waals surface area contributed by atoms with Crippen LogP contribution >= 0.6 is 23.7 Å². The largest absolute Gasteiger partial charge is 0.375 e. The molecule has 2 aliphatic carbocycles. The second-order valence-corrected chi connectivity index (χ2v) is 7.96. The van der Waals surface area contributed by atoms with Crippen LogP contribution in [0.2, 0.25) is 0 Å². The van der Waals surface area contributed by atoms with E-state index < -0.39 is 0 Å². The molecule has 2 saturated carbocycles. The zero-order valence-corrected chi connectivity index (χ0v) is 14.8. The molecule has 2 unspecified atom stereocenters. The molecule has 1 amide bonds. The van der Waals surface area contributed by atoms with Gasteiger partial charge in [0.15, 0.2) is 5.13 Å². The van der Waals surface area contributed by atoms with E-state index in [-0.39, 0.29) is 24.2 Å². The van der Waals surface area contributed by atoms with Crippen molar-refractivity contribution in [3.63, 3.8) is 0 Å². The first-order valence-corrected chi connectivity index (χ1v) is 9.15. The van der Waals surface area contributed by atoms with Crippen LogP contribution in [0.3, 0.4) is 0 Å². The van der Waals surface area contributed by atoms with Gasteiger partial charge in [-0.1, -0.05) is 17.8 Å². The number of nitrogens with one attached hydrogen (secondary N) is 1. The summed E-state index contributed by atoms with van der Waals surface area (Å²) in [4.78, 5) is 18.3. The molecule has 128 valence electrons. The maximum atomic E-state index is 12.6. The fourth-order valence-electron chi connectivity index (χ4n) is 4.29. The number of nitrogens with zero attached hydrogens (tertiary/aromatic N) is 1. The van der Waals surface area contributed by atoms with Gasteiger partial charge in [0.05, 0.1) is 23.8 Å². The van der Waals surface area contributed by atoms with Crippen molar-refractivity contribution < 1.29 is 9.53 Å². The molecule has 0 radical (unpaired) electrons. The van der Waals surface area contributed by atoms with Gasteiger partial charge in [-0.3, -0.25) is 4.79 Å². The molecule has 1 aliphatic heterocycles. The lowest BCUT2D eigenvalue weighted by Gasteiger charge is -2.43. The number of thiazole rings is 1. The van der Waals surface area contributed by atoms with Gasteiger partial charge in [0, 0.05) is 18.4 Å². The molecule has 4 rings (SSSR count). The minimum atomic E-state index is 0. The summed E-state index contributed by atoms with van der Waals surface area (Å²) in [5.74, 6) is 1.30. The third kappa shape index (κ3) is 3.40. The summed E-state index contributed by atoms with van der Waals surface area (Å²) in [7, 11) is 0. The molecule has 0 aromatic carbocycles. The van der Waals surface area contributed by atoms with Crippen LogP contribution in [-0.4, -0.2) is 23.5 Å². The molecule has 0 saturated heterocycles. The van der Waals surface area contributed by atoms with Crippen LogP contribution < -0.4 is 11.1 Å². The van der Waals surface area contributed by atoms with E-state index in [1.54, 1.807) is 11.3 Å². The van der Waals surface area contributed by atoms with Crippen LogP contribution in [0.25, 0.3) is 0 Å². The van der Waals surface area contributed by atoms with Gasteiger partial charge in [0.25, 0.3) is 0 Å². The molecule has 2 atom stereocenters. The van der Waals surface area contributed by atoms with E-state index in [1.165, 1.54) is 19.3 Å². The summed E-state index contributed by atoms with van der Waals surface area (Å²) in [6.45, 7) is 1.36. The second-order valence-electron chi connectivity index (χ2n) is 6.88. The number of anilines is 1. The Hall–Kier alpha value is -0.690. The van der Waals surface area contributed by atoms with Crippen molar-refractivity contribution >= 4 is 34.8 Å². The quantitative estimate of drug-likeness (QED) is 0.853. The molecule has 23 heavy (non-hydrogen) atoms.